The standard InChI is InChI=1S/C19H20ClFN2O5S/c1-12(13-3-6-17-18(9-13)28-8-7-27-17)22-19(24)11-23(29(2,25)26)14-4-5-16(21)15(20)10-14/h3-6,9-10,12H,7-8,11H2,1-2H3,(H,22,24)/t12-/m1/s1. The van der Waals surface area contributed by atoms with E-state index in [0.29, 0.717) is 24.7 Å². The number of sulfonamides is 1. The minimum absolute atomic E-state index is 0.0982. The number of nitrogens with zero attached hydrogens (tertiary/aromatic N) is 1. The van der Waals surface area contributed by atoms with Gasteiger partial charge in [-0.2, -0.15) is 0 Å². The summed E-state index contributed by atoms with van der Waals surface area (Å²) in [5, 5.41) is 2.52. The maximum Gasteiger partial charge on any atom is 0.241 e. The molecule has 0 spiro atoms. The topological polar surface area (TPSA) is 84.9 Å². The zero-order chi connectivity index (χ0) is 21.2. The fourth-order valence-electron chi connectivity index (χ4n) is 2.87. The molecule has 0 saturated heterocycles. The van der Waals surface area contributed by atoms with Crippen molar-refractivity contribution in [2.75, 3.05) is 30.3 Å². The highest BCUT2D eigenvalue weighted by atomic mass is 35.5. The Morgan fingerprint density at radius 3 is 2.55 bits per heavy atom. The lowest BCUT2D eigenvalue weighted by Crippen LogP contribution is -2.41. The molecule has 0 bridgehead atoms. The summed E-state index contributed by atoms with van der Waals surface area (Å²) >= 11 is 5.75. The van der Waals surface area contributed by atoms with Gasteiger partial charge in [0.1, 0.15) is 25.6 Å². The Hall–Kier alpha value is -2.52. The van der Waals surface area contributed by atoms with Crippen molar-refractivity contribution in [3.8, 4) is 11.5 Å². The van der Waals surface area contributed by atoms with Crippen molar-refractivity contribution in [2.24, 2.45) is 0 Å². The molecular formula is C19H20ClFN2O5S. The lowest BCUT2D eigenvalue weighted by Gasteiger charge is -2.24. The van der Waals surface area contributed by atoms with Crippen LogP contribution in [0.4, 0.5) is 10.1 Å². The van der Waals surface area contributed by atoms with E-state index in [1.165, 1.54) is 6.07 Å². The summed E-state index contributed by atoms with van der Waals surface area (Å²) in [5.41, 5.74) is 0.874. The SMILES string of the molecule is C[C@@H](NC(=O)CN(c1ccc(F)c(Cl)c1)S(C)(=O)=O)c1ccc2c(c1)OCCO2. The molecule has 7 nitrogen and oxygen atoms in total. The normalized spacial score (nSPS) is 14.2. The van der Waals surface area contributed by atoms with Crippen LogP contribution < -0.4 is 19.1 Å². The Balaban J connectivity index is 1.74. The van der Waals surface area contributed by atoms with Crippen LogP contribution in [0.1, 0.15) is 18.5 Å². The van der Waals surface area contributed by atoms with Gasteiger partial charge >= 0.3 is 0 Å². The fourth-order valence-corrected chi connectivity index (χ4v) is 3.89. The molecule has 2 aromatic carbocycles. The maximum atomic E-state index is 13.4. The van der Waals surface area contributed by atoms with Gasteiger partial charge in [0, 0.05) is 0 Å². The van der Waals surface area contributed by atoms with Gasteiger partial charge in [0.05, 0.1) is 23.0 Å². The summed E-state index contributed by atoms with van der Waals surface area (Å²) in [7, 11) is -3.80. The van der Waals surface area contributed by atoms with Gasteiger partial charge in [0.15, 0.2) is 11.5 Å². The third-order valence-electron chi connectivity index (χ3n) is 4.32. The average molecular weight is 443 g/mol. The lowest BCUT2D eigenvalue weighted by atomic mass is 10.1. The van der Waals surface area contributed by atoms with Gasteiger partial charge in [0.25, 0.3) is 0 Å². The molecule has 0 fully saturated rings. The quantitative estimate of drug-likeness (QED) is 0.743. The van der Waals surface area contributed by atoms with Crippen LogP contribution in [-0.4, -0.2) is 40.3 Å². The second kappa shape index (κ2) is 8.46. The van der Waals surface area contributed by atoms with E-state index in [2.05, 4.69) is 5.32 Å². The Morgan fingerprint density at radius 1 is 1.21 bits per heavy atom. The van der Waals surface area contributed by atoms with Crippen LogP contribution in [0.25, 0.3) is 0 Å². The number of hydrogen-bond donors (Lipinski definition) is 1. The molecule has 10 heteroatoms. The van der Waals surface area contributed by atoms with Crippen molar-refractivity contribution in [1.82, 2.24) is 5.32 Å². The van der Waals surface area contributed by atoms with Crippen LogP contribution in [-0.2, 0) is 14.8 Å². The van der Waals surface area contributed by atoms with E-state index >= 15 is 0 Å². The number of benzene rings is 2. The van der Waals surface area contributed by atoms with E-state index in [1.54, 1.807) is 25.1 Å². The van der Waals surface area contributed by atoms with E-state index in [4.69, 9.17) is 21.1 Å². The number of amides is 1. The zero-order valence-electron chi connectivity index (χ0n) is 15.8. The Morgan fingerprint density at radius 2 is 1.90 bits per heavy atom. The molecule has 1 atom stereocenters. The molecule has 1 heterocycles. The van der Waals surface area contributed by atoms with E-state index in [-0.39, 0.29) is 10.7 Å². The third-order valence-corrected chi connectivity index (χ3v) is 5.75. The van der Waals surface area contributed by atoms with Gasteiger partial charge < -0.3 is 14.8 Å². The highest BCUT2D eigenvalue weighted by molar-refractivity contribution is 7.92. The molecule has 1 N–H and O–H groups in total. The summed E-state index contributed by atoms with van der Waals surface area (Å²) in [6.45, 7) is 2.21. The first-order valence-electron chi connectivity index (χ1n) is 8.77. The molecule has 1 aliphatic heterocycles. The fraction of sp³-hybridized carbons (Fsp3) is 0.316. The first-order chi connectivity index (χ1) is 13.6. The third kappa shape index (κ3) is 5.10. The Kier molecular flexibility index (Phi) is 6.18. The van der Waals surface area contributed by atoms with E-state index in [1.807, 2.05) is 0 Å². The molecule has 0 aromatic heterocycles. The number of fused-ring (bicyclic) bond motifs is 1. The largest absolute Gasteiger partial charge is 0.486 e. The second-order valence-corrected chi connectivity index (χ2v) is 8.87. The Bertz CT molecular complexity index is 1030. The van der Waals surface area contributed by atoms with Gasteiger partial charge in [-0.3, -0.25) is 9.10 Å². The van der Waals surface area contributed by atoms with Gasteiger partial charge in [-0.05, 0) is 42.8 Å². The van der Waals surface area contributed by atoms with Crippen molar-refractivity contribution >= 4 is 33.2 Å². The van der Waals surface area contributed by atoms with Crippen molar-refractivity contribution < 1.29 is 27.1 Å². The predicted octanol–water partition coefficient (Wildman–Crippen LogP) is 2.89. The van der Waals surface area contributed by atoms with Crippen LogP contribution in [0.3, 0.4) is 0 Å². The predicted molar refractivity (Wildman–Crippen MR) is 108 cm³/mol. The molecule has 156 valence electrons. The average Bonchev–Trinajstić information content (AvgIpc) is 2.67. The molecule has 0 aliphatic carbocycles. The minimum atomic E-state index is -3.80. The van der Waals surface area contributed by atoms with Gasteiger partial charge in [0.2, 0.25) is 15.9 Å². The molecule has 3 rings (SSSR count). The number of anilines is 1. The van der Waals surface area contributed by atoms with E-state index in [0.717, 1.165) is 28.3 Å². The zero-order valence-corrected chi connectivity index (χ0v) is 17.4. The summed E-state index contributed by atoms with van der Waals surface area (Å²) in [6.07, 6.45) is 0.960. The van der Waals surface area contributed by atoms with E-state index in [9.17, 15) is 17.6 Å². The molecule has 29 heavy (non-hydrogen) atoms. The van der Waals surface area contributed by atoms with Crippen LogP contribution >= 0.6 is 11.6 Å². The molecule has 0 saturated carbocycles. The number of halogens is 2. The van der Waals surface area contributed by atoms with Gasteiger partial charge in [-0.25, -0.2) is 12.8 Å². The van der Waals surface area contributed by atoms with Crippen LogP contribution in [0.15, 0.2) is 36.4 Å². The smallest absolute Gasteiger partial charge is 0.241 e. The van der Waals surface area contributed by atoms with Crippen LogP contribution in [0, 0.1) is 5.82 Å². The summed E-state index contributed by atoms with van der Waals surface area (Å²) in [5.74, 6) is 0.0161. The van der Waals surface area contributed by atoms with Crippen molar-refractivity contribution in [3.63, 3.8) is 0 Å². The molecule has 1 aliphatic rings. The highest BCUT2D eigenvalue weighted by Crippen LogP contribution is 2.32. The van der Waals surface area contributed by atoms with E-state index < -0.39 is 34.3 Å². The number of carbonyl (C=O) groups is 1. The minimum Gasteiger partial charge on any atom is -0.486 e. The highest BCUT2D eigenvalue weighted by Gasteiger charge is 2.23. The van der Waals surface area contributed by atoms with Crippen molar-refractivity contribution in [3.05, 3.63) is 52.8 Å². The van der Waals surface area contributed by atoms with Crippen LogP contribution in [0.5, 0.6) is 11.5 Å². The Labute approximate surface area is 173 Å². The number of hydrogen-bond acceptors (Lipinski definition) is 5. The molecule has 0 unspecified atom stereocenters. The van der Waals surface area contributed by atoms with Gasteiger partial charge in [-0.1, -0.05) is 17.7 Å². The number of ether oxygens (including phenoxy) is 2. The second-order valence-electron chi connectivity index (χ2n) is 6.56. The summed E-state index contributed by atoms with van der Waals surface area (Å²) in [4.78, 5) is 12.5. The molecule has 2 aromatic rings. The molecule has 1 amide bonds. The van der Waals surface area contributed by atoms with Crippen LogP contribution in [0.2, 0.25) is 5.02 Å². The van der Waals surface area contributed by atoms with Gasteiger partial charge in [-0.15, -0.1) is 0 Å². The first-order valence-corrected chi connectivity index (χ1v) is 11.0. The molecular weight excluding hydrogens is 423 g/mol. The lowest BCUT2D eigenvalue weighted by molar-refractivity contribution is -0.120. The summed E-state index contributed by atoms with van der Waals surface area (Å²) < 4.78 is 49.6. The van der Waals surface area contributed by atoms with Crippen molar-refractivity contribution in [1.29, 1.82) is 0 Å². The monoisotopic (exact) mass is 442 g/mol. The molecule has 0 radical (unpaired) electrons. The summed E-state index contributed by atoms with van der Waals surface area (Å²) in [6, 6.07) is 8.38. The maximum absolute atomic E-state index is 13.4. The number of rotatable bonds is 6. The number of nitrogens with one attached hydrogen (secondary N) is 1. The van der Waals surface area contributed by atoms with Crippen molar-refractivity contribution in [2.45, 2.75) is 13.0 Å². The number of carbonyl (C=O) groups excluding carboxylic acids is 1. The first kappa shape index (κ1) is 21.2.